The van der Waals surface area contributed by atoms with Gasteiger partial charge in [0.1, 0.15) is 0 Å². The molecule has 0 unspecified atom stereocenters. The molecule has 1 aromatic carbocycles. The summed E-state index contributed by atoms with van der Waals surface area (Å²) < 4.78 is 0. The monoisotopic (exact) mass is 187 g/mol. The van der Waals surface area contributed by atoms with Gasteiger partial charge in [-0.2, -0.15) is 0 Å². The molecular formula is C12H13NO. The molecule has 72 valence electrons. The Bertz CT molecular complexity index is 370. The summed E-state index contributed by atoms with van der Waals surface area (Å²) in [5.41, 5.74) is 2.60. The fourth-order valence-electron chi connectivity index (χ4n) is 1.94. The predicted octanol–water partition coefficient (Wildman–Crippen LogP) is 1.98. The number of nitrogens with one attached hydrogen (secondary N) is 1. The van der Waals surface area contributed by atoms with E-state index in [1.165, 1.54) is 17.2 Å². The highest BCUT2D eigenvalue weighted by Gasteiger charge is 2.22. The molecule has 1 amide bonds. The summed E-state index contributed by atoms with van der Waals surface area (Å²) in [4.78, 5) is 11.1. The van der Waals surface area contributed by atoms with Crippen molar-refractivity contribution in [2.75, 3.05) is 0 Å². The number of hydrogen-bond acceptors (Lipinski definition) is 1. The summed E-state index contributed by atoms with van der Waals surface area (Å²) in [5.74, 6) is -0.0910. The van der Waals surface area contributed by atoms with E-state index in [2.05, 4.69) is 24.0 Å². The molecule has 0 aromatic heterocycles. The van der Waals surface area contributed by atoms with Crippen molar-refractivity contribution in [3.8, 4) is 0 Å². The summed E-state index contributed by atoms with van der Waals surface area (Å²) in [5, 5.41) is 2.93. The molecule has 0 bridgehead atoms. The van der Waals surface area contributed by atoms with E-state index in [4.69, 9.17) is 0 Å². The molecule has 0 heterocycles. The molecule has 0 saturated heterocycles. The standard InChI is InChI=1S/C12H13NO/c1-2-12(14)13-11-8-7-9-5-3-4-6-10(9)11/h2-6,11H,1,7-8H2,(H,13,14)/t11-/m0/s1. The Hall–Kier alpha value is -1.57. The van der Waals surface area contributed by atoms with Crippen LogP contribution in [0.2, 0.25) is 0 Å². The van der Waals surface area contributed by atoms with Gasteiger partial charge in [0.15, 0.2) is 0 Å². The second-order valence-corrected chi connectivity index (χ2v) is 3.50. The minimum Gasteiger partial charge on any atom is -0.346 e. The van der Waals surface area contributed by atoms with Crippen LogP contribution in [-0.2, 0) is 11.2 Å². The summed E-state index contributed by atoms with van der Waals surface area (Å²) >= 11 is 0. The van der Waals surface area contributed by atoms with Crippen LogP contribution in [0.25, 0.3) is 0 Å². The molecule has 1 atom stereocenters. The van der Waals surface area contributed by atoms with E-state index >= 15 is 0 Å². The highest BCUT2D eigenvalue weighted by molar-refractivity contribution is 5.87. The van der Waals surface area contributed by atoms with Gasteiger partial charge in [-0.15, -0.1) is 0 Å². The first-order valence-electron chi connectivity index (χ1n) is 4.82. The first kappa shape index (κ1) is 9.00. The van der Waals surface area contributed by atoms with Crippen LogP contribution >= 0.6 is 0 Å². The Kier molecular flexibility index (Phi) is 2.35. The molecular weight excluding hydrogens is 174 g/mol. The SMILES string of the molecule is C=CC(=O)N[C@H]1CCc2ccccc21. The van der Waals surface area contributed by atoms with E-state index in [0.717, 1.165) is 12.8 Å². The lowest BCUT2D eigenvalue weighted by Gasteiger charge is -2.11. The van der Waals surface area contributed by atoms with Crippen molar-refractivity contribution in [3.05, 3.63) is 48.0 Å². The van der Waals surface area contributed by atoms with Crippen LogP contribution < -0.4 is 5.32 Å². The largest absolute Gasteiger partial charge is 0.346 e. The molecule has 2 nitrogen and oxygen atoms in total. The van der Waals surface area contributed by atoms with Gasteiger partial charge >= 0.3 is 0 Å². The number of benzene rings is 1. The summed E-state index contributed by atoms with van der Waals surface area (Å²) in [6, 6.07) is 8.43. The zero-order chi connectivity index (χ0) is 9.97. The molecule has 0 spiro atoms. The van der Waals surface area contributed by atoms with Crippen molar-refractivity contribution in [1.29, 1.82) is 0 Å². The third kappa shape index (κ3) is 1.55. The molecule has 1 N–H and O–H groups in total. The van der Waals surface area contributed by atoms with Crippen molar-refractivity contribution in [2.45, 2.75) is 18.9 Å². The molecule has 0 fully saturated rings. The van der Waals surface area contributed by atoms with Crippen LogP contribution in [0.15, 0.2) is 36.9 Å². The number of aryl methyl sites for hydroxylation is 1. The highest BCUT2D eigenvalue weighted by atomic mass is 16.1. The number of amides is 1. The van der Waals surface area contributed by atoms with Gasteiger partial charge in [-0.1, -0.05) is 30.8 Å². The predicted molar refractivity (Wildman–Crippen MR) is 55.8 cm³/mol. The number of carbonyl (C=O) groups is 1. The van der Waals surface area contributed by atoms with E-state index in [-0.39, 0.29) is 11.9 Å². The van der Waals surface area contributed by atoms with Gasteiger partial charge < -0.3 is 5.32 Å². The number of carbonyl (C=O) groups excluding carboxylic acids is 1. The zero-order valence-electron chi connectivity index (χ0n) is 7.99. The van der Waals surface area contributed by atoms with Crippen molar-refractivity contribution in [2.24, 2.45) is 0 Å². The average molecular weight is 187 g/mol. The second-order valence-electron chi connectivity index (χ2n) is 3.50. The molecule has 1 aromatic rings. The van der Waals surface area contributed by atoms with Crippen LogP contribution in [0.1, 0.15) is 23.6 Å². The van der Waals surface area contributed by atoms with Crippen LogP contribution in [0, 0.1) is 0 Å². The lowest BCUT2D eigenvalue weighted by atomic mass is 10.1. The van der Waals surface area contributed by atoms with Crippen molar-refractivity contribution in [3.63, 3.8) is 0 Å². The topological polar surface area (TPSA) is 29.1 Å². The average Bonchev–Trinajstić information content (AvgIpc) is 2.62. The van der Waals surface area contributed by atoms with Gasteiger partial charge in [-0.25, -0.2) is 0 Å². The number of hydrogen-bond donors (Lipinski definition) is 1. The van der Waals surface area contributed by atoms with E-state index in [1.54, 1.807) is 0 Å². The molecule has 2 heteroatoms. The Morgan fingerprint density at radius 2 is 2.29 bits per heavy atom. The van der Waals surface area contributed by atoms with Crippen molar-refractivity contribution in [1.82, 2.24) is 5.32 Å². The maximum atomic E-state index is 11.1. The summed E-state index contributed by atoms with van der Waals surface area (Å²) in [6.45, 7) is 3.45. The Morgan fingerprint density at radius 1 is 1.50 bits per heavy atom. The van der Waals surface area contributed by atoms with Gasteiger partial charge in [-0.05, 0) is 30.0 Å². The fraction of sp³-hybridized carbons (Fsp3) is 0.250. The van der Waals surface area contributed by atoms with Crippen LogP contribution in [0.5, 0.6) is 0 Å². The van der Waals surface area contributed by atoms with Crippen LogP contribution in [-0.4, -0.2) is 5.91 Å². The molecule has 2 rings (SSSR count). The fourth-order valence-corrected chi connectivity index (χ4v) is 1.94. The third-order valence-corrected chi connectivity index (χ3v) is 2.63. The van der Waals surface area contributed by atoms with E-state index in [9.17, 15) is 4.79 Å². The third-order valence-electron chi connectivity index (χ3n) is 2.63. The lowest BCUT2D eigenvalue weighted by molar-refractivity contribution is -0.117. The minimum absolute atomic E-state index is 0.0910. The first-order chi connectivity index (χ1) is 6.81. The van der Waals surface area contributed by atoms with Gasteiger partial charge in [-0.3, -0.25) is 4.79 Å². The highest BCUT2D eigenvalue weighted by Crippen LogP contribution is 2.30. The van der Waals surface area contributed by atoms with E-state index in [0.29, 0.717) is 0 Å². The Balaban J connectivity index is 2.18. The maximum absolute atomic E-state index is 11.1. The van der Waals surface area contributed by atoms with Gasteiger partial charge in [0, 0.05) is 0 Å². The molecule has 0 aliphatic heterocycles. The second kappa shape index (κ2) is 3.66. The van der Waals surface area contributed by atoms with Gasteiger partial charge in [0.05, 0.1) is 6.04 Å². The minimum atomic E-state index is -0.0910. The van der Waals surface area contributed by atoms with Crippen LogP contribution in [0.4, 0.5) is 0 Å². The number of fused-ring (bicyclic) bond motifs is 1. The maximum Gasteiger partial charge on any atom is 0.243 e. The van der Waals surface area contributed by atoms with Crippen LogP contribution in [0.3, 0.4) is 0 Å². The smallest absolute Gasteiger partial charge is 0.243 e. The van der Waals surface area contributed by atoms with E-state index in [1.807, 2.05) is 12.1 Å². The Morgan fingerprint density at radius 3 is 3.07 bits per heavy atom. The molecule has 1 aliphatic carbocycles. The summed E-state index contributed by atoms with van der Waals surface area (Å²) in [7, 11) is 0. The lowest BCUT2D eigenvalue weighted by Crippen LogP contribution is -2.24. The molecule has 1 aliphatic rings. The first-order valence-corrected chi connectivity index (χ1v) is 4.82. The normalized spacial score (nSPS) is 18.7. The van der Waals surface area contributed by atoms with E-state index < -0.39 is 0 Å². The zero-order valence-corrected chi connectivity index (χ0v) is 7.99. The molecule has 14 heavy (non-hydrogen) atoms. The summed E-state index contributed by atoms with van der Waals surface area (Å²) in [6.07, 6.45) is 3.37. The number of rotatable bonds is 2. The van der Waals surface area contributed by atoms with Crippen molar-refractivity contribution >= 4 is 5.91 Å². The molecule has 0 radical (unpaired) electrons. The van der Waals surface area contributed by atoms with Gasteiger partial charge in [0.2, 0.25) is 5.91 Å². The Labute approximate surface area is 83.6 Å². The quantitative estimate of drug-likeness (QED) is 0.705. The van der Waals surface area contributed by atoms with Gasteiger partial charge in [0.25, 0.3) is 0 Å². The molecule has 0 saturated carbocycles. The van der Waals surface area contributed by atoms with Crippen molar-refractivity contribution < 1.29 is 4.79 Å².